The summed E-state index contributed by atoms with van der Waals surface area (Å²) in [7, 11) is 1.40. The van der Waals surface area contributed by atoms with Gasteiger partial charge in [-0.1, -0.05) is 24.3 Å². The number of nitrogens with one attached hydrogen (secondary N) is 1. The molecular formula is C19H16N2O7. The molecule has 28 heavy (non-hydrogen) atoms. The molecule has 0 saturated heterocycles. The Labute approximate surface area is 158 Å². The molecule has 9 nitrogen and oxygen atoms in total. The van der Waals surface area contributed by atoms with Gasteiger partial charge in [0.25, 0.3) is 11.8 Å². The lowest BCUT2D eigenvalue weighted by molar-refractivity contribution is -0.148. The number of fused-ring (bicyclic) bond motifs is 1. The van der Waals surface area contributed by atoms with Gasteiger partial charge in [0.1, 0.15) is 12.3 Å². The molecule has 2 amide bonds. The number of nitrogens with zero attached hydrogens (tertiary/aromatic N) is 1. The van der Waals surface area contributed by atoms with Crippen molar-refractivity contribution >= 4 is 28.9 Å². The number of benzene rings is 2. The molecule has 0 aliphatic carbocycles. The lowest BCUT2D eigenvalue weighted by Crippen LogP contribution is -2.35. The van der Waals surface area contributed by atoms with Crippen LogP contribution in [0.15, 0.2) is 57.7 Å². The predicted molar refractivity (Wildman–Crippen MR) is 96.9 cm³/mol. The fraction of sp³-hybridized carbons (Fsp3) is 0.158. The Hall–Kier alpha value is -3.88. The summed E-state index contributed by atoms with van der Waals surface area (Å²) >= 11 is 0. The van der Waals surface area contributed by atoms with Crippen molar-refractivity contribution in [3.8, 4) is 5.75 Å². The number of carbonyl (C=O) groups excluding carboxylic acids is 3. The molecule has 0 bridgehead atoms. The molecule has 1 heterocycles. The molecule has 1 N–H and O–H groups in total. The monoisotopic (exact) mass is 384 g/mol. The van der Waals surface area contributed by atoms with Crippen LogP contribution in [0, 0.1) is 0 Å². The van der Waals surface area contributed by atoms with E-state index in [0.29, 0.717) is 16.8 Å². The summed E-state index contributed by atoms with van der Waals surface area (Å²) in [4.78, 5) is 47.8. The molecular weight excluding hydrogens is 368 g/mol. The van der Waals surface area contributed by atoms with Crippen LogP contribution in [0.4, 0.5) is 0 Å². The highest BCUT2D eigenvalue weighted by Gasteiger charge is 2.17. The molecule has 0 spiro atoms. The summed E-state index contributed by atoms with van der Waals surface area (Å²) in [6.07, 6.45) is 0. The van der Waals surface area contributed by atoms with E-state index in [-0.39, 0.29) is 5.56 Å². The van der Waals surface area contributed by atoms with E-state index in [9.17, 15) is 19.2 Å². The summed E-state index contributed by atoms with van der Waals surface area (Å²) in [5, 5.41) is 2.10. The molecule has 0 atom stereocenters. The van der Waals surface area contributed by atoms with Crippen LogP contribution in [-0.2, 0) is 20.9 Å². The van der Waals surface area contributed by atoms with Crippen LogP contribution < -0.4 is 15.8 Å². The second-order valence-corrected chi connectivity index (χ2v) is 5.66. The molecule has 0 saturated carbocycles. The fourth-order valence-electron chi connectivity index (χ4n) is 2.55. The second-order valence-electron chi connectivity index (χ2n) is 5.66. The molecule has 2 aromatic carbocycles. The molecule has 3 aromatic rings. The van der Waals surface area contributed by atoms with E-state index in [0.717, 1.165) is 4.57 Å². The Morgan fingerprint density at radius 3 is 2.57 bits per heavy atom. The number of rotatable bonds is 6. The third-order valence-electron chi connectivity index (χ3n) is 3.83. The Balaban J connectivity index is 1.57. The van der Waals surface area contributed by atoms with Crippen LogP contribution in [0.3, 0.4) is 0 Å². The largest absolute Gasteiger partial charge is 0.496 e. The van der Waals surface area contributed by atoms with Gasteiger partial charge in [0, 0.05) is 0 Å². The van der Waals surface area contributed by atoms with Gasteiger partial charge in [-0.2, -0.15) is 0 Å². The van der Waals surface area contributed by atoms with Crippen LogP contribution in [0.5, 0.6) is 5.75 Å². The van der Waals surface area contributed by atoms with Crippen molar-refractivity contribution in [1.82, 2.24) is 9.88 Å². The summed E-state index contributed by atoms with van der Waals surface area (Å²) in [5.41, 5.74) is 0.932. The van der Waals surface area contributed by atoms with Gasteiger partial charge >= 0.3 is 11.7 Å². The molecule has 0 unspecified atom stereocenters. The van der Waals surface area contributed by atoms with E-state index in [1.807, 2.05) is 0 Å². The summed E-state index contributed by atoms with van der Waals surface area (Å²) in [5.74, 6) is -2.73. The van der Waals surface area contributed by atoms with Gasteiger partial charge < -0.3 is 13.9 Å². The van der Waals surface area contributed by atoms with E-state index in [4.69, 9.17) is 13.9 Å². The fourth-order valence-corrected chi connectivity index (χ4v) is 2.55. The Kier molecular flexibility index (Phi) is 5.54. The molecule has 144 valence electrons. The van der Waals surface area contributed by atoms with E-state index < -0.39 is 36.7 Å². The number of hydrogen-bond donors (Lipinski definition) is 1. The van der Waals surface area contributed by atoms with Crippen LogP contribution in [0.25, 0.3) is 11.1 Å². The number of esters is 1. The third kappa shape index (κ3) is 4.09. The minimum atomic E-state index is -0.825. The highest BCUT2D eigenvalue weighted by molar-refractivity contribution is 6.06. The first kappa shape index (κ1) is 18.9. The second kappa shape index (κ2) is 8.21. The van der Waals surface area contributed by atoms with Crippen LogP contribution >= 0.6 is 0 Å². The highest BCUT2D eigenvalue weighted by Crippen LogP contribution is 2.16. The molecule has 0 aliphatic heterocycles. The first-order valence-corrected chi connectivity index (χ1v) is 8.21. The van der Waals surface area contributed by atoms with E-state index in [1.54, 1.807) is 42.5 Å². The maximum Gasteiger partial charge on any atom is 0.420 e. The first-order valence-electron chi connectivity index (χ1n) is 8.21. The number of ether oxygens (including phenoxy) is 2. The first-order chi connectivity index (χ1) is 13.5. The zero-order chi connectivity index (χ0) is 20.1. The Bertz CT molecular complexity index is 1100. The van der Waals surface area contributed by atoms with Crippen molar-refractivity contribution < 1.29 is 28.3 Å². The van der Waals surface area contributed by atoms with Crippen molar-refractivity contribution in [2.45, 2.75) is 6.54 Å². The summed E-state index contributed by atoms with van der Waals surface area (Å²) in [6, 6.07) is 13.0. The lowest BCUT2D eigenvalue weighted by atomic mass is 10.2. The van der Waals surface area contributed by atoms with Gasteiger partial charge in [-0.25, -0.2) is 4.79 Å². The quantitative estimate of drug-likeness (QED) is 0.633. The number of hydrogen-bond acceptors (Lipinski definition) is 7. The molecule has 9 heteroatoms. The predicted octanol–water partition coefficient (Wildman–Crippen LogP) is 1.10. The number of aromatic nitrogens is 1. The van der Waals surface area contributed by atoms with Crippen LogP contribution in [-0.4, -0.2) is 36.1 Å². The van der Waals surface area contributed by atoms with Gasteiger partial charge in [-0.15, -0.1) is 0 Å². The molecule has 1 aromatic heterocycles. The molecule has 3 rings (SSSR count). The van der Waals surface area contributed by atoms with E-state index in [2.05, 4.69) is 5.32 Å². The maximum absolute atomic E-state index is 12.1. The van der Waals surface area contributed by atoms with Crippen molar-refractivity contribution in [2.75, 3.05) is 13.7 Å². The van der Waals surface area contributed by atoms with Gasteiger partial charge in [-0.3, -0.25) is 24.3 Å². The number of methoxy groups -OCH3 is 1. The van der Waals surface area contributed by atoms with E-state index >= 15 is 0 Å². The number of imide groups is 1. The number of carbonyl (C=O) groups is 3. The minimum Gasteiger partial charge on any atom is -0.496 e. The molecule has 0 aliphatic rings. The maximum atomic E-state index is 12.1. The topological polar surface area (TPSA) is 117 Å². The third-order valence-corrected chi connectivity index (χ3v) is 3.83. The van der Waals surface area contributed by atoms with Gasteiger partial charge in [0.2, 0.25) is 0 Å². The average molecular weight is 384 g/mol. The van der Waals surface area contributed by atoms with Crippen LogP contribution in [0.1, 0.15) is 10.4 Å². The molecule has 0 fully saturated rings. The smallest absolute Gasteiger partial charge is 0.420 e. The molecule has 0 radical (unpaired) electrons. The minimum absolute atomic E-state index is 0.168. The number of amides is 2. The van der Waals surface area contributed by atoms with Gasteiger partial charge in [0.05, 0.1) is 18.2 Å². The lowest BCUT2D eigenvalue weighted by Gasteiger charge is -2.09. The highest BCUT2D eigenvalue weighted by atomic mass is 16.5. The van der Waals surface area contributed by atoms with Crippen molar-refractivity contribution in [3.05, 3.63) is 64.6 Å². The van der Waals surface area contributed by atoms with Crippen LogP contribution in [0.2, 0.25) is 0 Å². The SMILES string of the molecule is COc1ccccc1C(=O)NC(=O)COC(=O)Cn1c(=O)oc2ccccc21. The normalized spacial score (nSPS) is 10.5. The summed E-state index contributed by atoms with van der Waals surface area (Å²) < 4.78 is 16.0. The average Bonchev–Trinajstić information content (AvgIpc) is 3.01. The summed E-state index contributed by atoms with van der Waals surface area (Å²) in [6.45, 7) is -1.10. The standard InChI is InChI=1S/C19H16N2O7/c1-26-14-8-4-2-6-12(14)18(24)20-16(22)11-27-17(23)10-21-13-7-3-5-9-15(13)28-19(21)25/h2-9H,10-11H2,1H3,(H,20,22,24). The Morgan fingerprint density at radius 1 is 1.07 bits per heavy atom. The number of para-hydroxylation sites is 3. The van der Waals surface area contributed by atoms with Crippen molar-refractivity contribution in [2.24, 2.45) is 0 Å². The Morgan fingerprint density at radius 2 is 1.79 bits per heavy atom. The van der Waals surface area contributed by atoms with Gasteiger partial charge in [0.15, 0.2) is 12.2 Å². The number of oxazole rings is 1. The van der Waals surface area contributed by atoms with Crippen molar-refractivity contribution in [1.29, 1.82) is 0 Å². The van der Waals surface area contributed by atoms with E-state index in [1.165, 1.54) is 13.2 Å². The van der Waals surface area contributed by atoms with Gasteiger partial charge in [-0.05, 0) is 24.3 Å². The van der Waals surface area contributed by atoms with Crippen molar-refractivity contribution in [3.63, 3.8) is 0 Å². The zero-order valence-corrected chi connectivity index (χ0v) is 14.8. The zero-order valence-electron chi connectivity index (χ0n) is 14.8.